The molecule has 0 amide bonds. The van der Waals surface area contributed by atoms with Gasteiger partial charge in [0.05, 0.1) is 11.1 Å². The zero-order valence-corrected chi connectivity index (χ0v) is 22.8. The molecule has 0 aliphatic carbocycles. The number of halogens is 3. The highest BCUT2D eigenvalue weighted by atomic mass is 79.9. The first-order chi connectivity index (χ1) is 18.2. The van der Waals surface area contributed by atoms with Gasteiger partial charge in [-0.05, 0) is 89.4 Å². The fourth-order valence-corrected chi connectivity index (χ4v) is 5.42. The number of hydrogen-bond acceptors (Lipinski definition) is 7. The van der Waals surface area contributed by atoms with Crippen molar-refractivity contribution in [3.05, 3.63) is 104 Å². The minimum Gasteiger partial charge on any atom is -0.490 e. The van der Waals surface area contributed by atoms with Crippen LogP contribution in [0, 0.1) is 28.7 Å². The summed E-state index contributed by atoms with van der Waals surface area (Å²) in [6.07, 6.45) is 0. The number of aromatic nitrogens is 3. The lowest BCUT2D eigenvalue weighted by molar-refractivity contribution is -0.479. The van der Waals surface area contributed by atoms with Crippen LogP contribution >= 0.6 is 27.7 Å². The summed E-state index contributed by atoms with van der Waals surface area (Å²) in [5.74, 6) is 0.669. The third-order valence-electron chi connectivity index (χ3n) is 5.44. The Morgan fingerprint density at radius 3 is 2.34 bits per heavy atom. The van der Waals surface area contributed by atoms with Crippen LogP contribution in [0.2, 0.25) is 0 Å². The van der Waals surface area contributed by atoms with E-state index in [1.165, 1.54) is 36.0 Å². The van der Waals surface area contributed by atoms with E-state index in [1.54, 1.807) is 47.9 Å². The summed E-state index contributed by atoms with van der Waals surface area (Å²) in [6.45, 7) is 3.69. The molecule has 0 unspecified atom stereocenters. The van der Waals surface area contributed by atoms with Crippen LogP contribution in [-0.4, -0.2) is 32.8 Å². The number of rotatable bonds is 11. The molecule has 0 spiro atoms. The maximum absolute atomic E-state index is 13.5. The van der Waals surface area contributed by atoms with Crippen LogP contribution in [0.15, 0.2) is 70.3 Å². The monoisotopic (exact) mass is 604 g/mol. The van der Waals surface area contributed by atoms with Gasteiger partial charge in [0.1, 0.15) is 29.3 Å². The fourth-order valence-electron chi connectivity index (χ4n) is 3.69. The normalized spacial score (nSPS) is 11.8. The number of benzene rings is 3. The summed E-state index contributed by atoms with van der Waals surface area (Å²) in [4.78, 5) is 11.2. The second kappa shape index (κ2) is 12.4. The molecule has 0 aliphatic rings. The summed E-state index contributed by atoms with van der Waals surface area (Å²) < 4.78 is 40.8. The molecule has 0 aliphatic heterocycles. The Kier molecular flexibility index (Phi) is 8.95. The van der Waals surface area contributed by atoms with E-state index in [4.69, 9.17) is 9.47 Å². The van der Waals surface area contributed by atoms with Crippen LogP contribution in [0.25, 0.3) is 5.69 Å². The van der Waals surface area contributed by atoms with Crippen molar-refractivity contribution in [1.82, 2.24) is 14.8 Å². The van der Waals surface area contributed by atoms with Gasteiger partial charge < -0.3 is 9.47 Å². The zero-order chi connectivity index (χ0) is 27.2. The molecule has 0 N–H and O–H groups in total. The molecule has 1 aromatic heterocycles. The molecule has 1 atom stereocenters. The first kappa shape index (κ1) is 27.5. The SMILES string of the molecule is CCOc1cc([C@@H](C[N+](=O)[O-])Sc2nnc(C)n2-c2ccc(F)cc2)cc(Br)c1OCc1ccc(F)cc1. The third kappa shape index (κ3) is 6.67. The molecule has 0 radical (unpaired) electrons. The van der Waals surface area contributed by atoms with Gasteiger partial charge in [-0.25, -0.2) is 8.78 Å². The molecule has 0 saturated carbocycles. The van der Waals surface area contributed by atoms with Crippen LogP contribution in [-0.2, 0) is 6.61 Å². The van der Waals surface area contributed by atoms with E-state index in [9.17, 15) is 18.9 Å². The van der Waals surface area contributed by atoms with E-state index in [-0.39, 0.29) is 18.2 Å². The average Bonchev–Trinajstić information content (AvgIpc) is 3.24. The number of ether oxygens (including phenoxy) is 2. The Morgan fingerprint density at radius 1 is 1.05 bits per heavy atom. The van der Waals surface area contributed by atoms with Crippen LogP contribution < -0.4 is 9.47 Å². The highest BCUT2D eigenvalue weighted by Crippen LogP contribution is 2.43. The molecular weight excluding hydrogens is 582 g/mol. The van der Waals surface area contributed by atoms with Gasteiger partial charge in [-0.3, -0.25) is 14.7 Å². The summed E-state index contributed by atoms with van der Waals surface area (Å²) in [7, 11) is 0. The van der Waals surface area contributed by atoms with Gasteiger partial charge in [-0.2, -0.15) is 0 Å². The maximum Gasteiger partial charge on any atom is 0.220 e. The summed E-state index contributed by atoms with van der Waals surface area (Å²) in [5, 5.41) is 19.7. The number of hydrogen-bond donors (Lipinski definition) is 0. The summed E-state index contributed by atoms with van der Waals surface area (Å²) in [6, 6.07) is 15.3. The van der Waals surface area contributed by atoms with Gasteiger partial charge in [0.25, 0.3) is 0 Å². The van der Waals surface area contributed by atoms with E-state index in [2.05, 4.69) is 26.1 Å². The van der Waals surface area contributed by atoms with Crippen molar-refractivity contribution in [2.75, 3.05) is 13.2 Å². The number of aryl methyl sites for hydroxylation is 1. The minimum atomic E-state index is -0.658. The molecule has 3 aromatic carbocycles. The average molecular weight is 605 g/mol. The van der Waals surface area contributed by atoms with Crippen LogP contribution in [0.1, 0.15) is 29.1 Å². The van der Waals surface area contributed by atoms with Crippen molar-refractivity contribution in [3.63, 3.8) is 0 Å². The van der Waals surface area contributed by atoms with Crippen molar-refractivity contribution in [3.8, 4) is 17.2 Å². The van der Waals surface area contributed by atoms with Crippen LogP contribution in [0.3, 0.4) is 0 Å². The second-order valence-corrected chi connectivity index (χ2v) is 10.2. The molecule has 0 bridgehead atoms. The lowest BCUT2D eigenvalue weighted by Crippen LogP contribution is -2.12. The quantitative estimate of drug-likeness (QED) is 0.107. The van der Waals surface area contributed by atoms with Gasteiger partial charge in [0.15, 0.2) is 16.7 Å². The van der Waals surface area contributed by atoms with Gasteiger partial charge in [0, 0.05) is 10.6 Å². The predicted octanol–water partition coefficient (Wildman–Crippen LogP) is 6.70. The molecule has 4 rings (SSSR count). The van der Waals surface area contributed by atoms with Gasteiger partial charge in [0.2, 0.25) is 6.54 Å². The molecule has 8 nitrogen and oxygen atoms in total. The zero-order valence-electron chi connectivity index (χ0n) is 20.4. The lowest BCUT2D eigenvalue weighted by Gasteiger charge is -2.19. The first-order valence-corrected chi connectivity index (χ1v) is 13.2. The Balaban J connectivity index is 1.66. The molecule has 1 heterocycles. The maximum atomic E-state index is 13.5. The topological polar surface area (TPSA) is 92.3 Å². The molecule has 12 heteroatoms. The molecule has 0 fully saturated rings. The van der Waals surface area contributed by atoms with Crippen LogP contribution in [0.5, 0.6) is 11.5 Å². The highest BCUT2D eigenvalue weighted by molar-refractivity contribution is 9.10. The Hall–Kier alpha value is -3.51. The van der Waals surface area contributed by atoms with Gasteiger partial charge in [-0.15, -0.1) is 10.2 Å². The molecule has 4 aromatic rings. The van der Waals surface area contributed by atoms with Gasteiger partial charge >= 0.3 is 0 Å². The summed E-state index contributed by atoms with van der Waals surface area (Å²) in [5.41, 5.74) is 2.02. The molecule has 198 valence electrons. The molecule has 38 heavy (non-hydrogen) atoms. The first-order valence-electron chi connectivity index (χ1n) is 11.5. The van der Waals surface area contributed by atoms with Crippen molar-refractivity contribution >= 4 is 27.7 Å². The van der Waals surface area contributed by atoms with Crippen molar-refractivity contribution in [2.24, 2.45) is 0 Å². The van der Waals surface area contributed by atoms with E-state index in [0.717, 1.165) is 5.56 Å². The number of nitrogens with zero attached hydrogens (tertiary/aromatic N) is 4. The summed E-state index contributed by atoms with van der Waals surface area (Å²) >= 11 is 4.69. The smallest absolute Gasteiger partial charge is 0.220 e. The minimum absolute atomic E-state index is 0.172. The lowest BCUT2D eigenvalue weighted by atomic mass is 10.1. The molecule has 0 saturated heterocycles. The van der Waals surface area contributed by atoms with Crippen molar-refractivity contribution in [1.29, 1.82) is 0 Å². The fraction of sp³-hybridized carbons (Fsp3) is 0.231. The highest BCUT2D eigenvalue weighted by Gasteiger charge is 2.26. The van der Waals surface area contributed by atoms with Crippen molar-refractivity contribution in [2.45, 2.75) is 30.9 Å². The molecular formula is C26H23BrF2N4O4S. The Labute approximate surface area is 230 Å². The Morgan fingerprint density at radius 2 is 1.71 bits per heavy atom. The number of nitro groups is 1. The third-order valence-corrected chi connectivity index (χ3v) is 7.21. The van der Waals surface area contributed by atoms with E-state index in [1.807, 2.05) is 6.92 Å². The largest absolute Gasteiger partial charge is 0.490 e. The Bertz CT molecular complexity index is 1420. The predicted molar refractivity (Wildman–Crippen MR) is 143 cm³/mol. The van der Waals surface area contributed by atoms with E-state index < -0.39 is 16.7 Å². The second-order valence-electron chi connectivity index (χ2n) is 8.14. The van der Waals surface area contributed by atoms with Crippen LogP contribution in [0.4, 0.5) is 8.78 Å². The van der Waals surface area contributed by atoms with Gasteiger partial charge in [-0.1, -0.05) is 23.9 Å². The van der Waals surface area contributed by atoms with Crippen molar-refractivity contribution < 1.29 is 23.2 Å². The van der Waals surface area contributed by atoms with E-state index in [0.29, 0.717) is 44.8 Å². The number of thioether (sulfide) groups is 1. The standard InChI is InChI=1S/C26H23BrF2N4O4S/c1-3-36-23-13-18(12-22(27)25(23)37-15-17-4-6-19(28)7-5-17)24(14-32(34)35)38-26-31-30-16(2)33(26)21-10-8-20(29)9-11-21/h4-13,24H,3,14-15H2,1-2H3/t24-/m1/s1. The van der Waals surface area contributed by atoms with E-state index >= 15 is 0 Å².